The number of amides is 1. The molecule has 138 valence electrons. The summed E-state index contributed by atoms with van der Waals surface area (Å²) in [5, 5.41) is 9.72. The van der Waals surface area contributed by atoms with E-state index in [2.05, 4.69) is 4.90 Å². The van der Waals surface area contributed by atoms with Gasteiger partial charge in [0.1, 0.15) is 0 Å². The van der Waals surface area contributed by atoms with Crippen molar-refractivity contribution >= 4 is 5.91 Å². The first-order valence-electron chi connectivity index (χ1n) is 9.08. The van der Waals surface area contributed by atoms with E-state index in [4.69, 9.17) is 4.74 Å². The average Bonchev–Trinajstić information content (AvgIpc) is 3.04. The summed E-state index contributed by atoms with van der Waals surface area (Å²) in [6.07, 6.45) is 3.74. The SMILES string of the molecule is COc1ccc(C(=O)N2C[C@@H](CN3CCCCC3)[C@@H](CO)C2)cc1F. The molecule has 1 aromatic rings. The largest absolute Gasteiger partial charge is 0.494 e. The number of hydrogen-bond acceptors (Lipinski definition) is 4. The zero-order chi connectivity index (χ0) is 17.8. The highest BCUT2D eigenvalue weighted by Gasteiger charge is 2.36. The number of methoxy groups -OCH3 is 1. The number of ether oxygens (including phenoxy) is 1. The molecule has 6 heteroatoms. The lowest BCUT2D eigenvalue weighted by atomic mass is 9.95. The van der Waals surface area contributed by atoms with Crippen LogP contribution in [-0.4, -0.2) is 67.3 Å². The van der Waals surface area contributed by atoms with Gasteiger partial charge in [-0.15, -0.1) is 0 Å². The normalized spacial score (nSPS) is 24.5. The fourth-order valence-corrected chi connectivity index (χ4v) is 3.97. The van der Waals surface area contributed by atoms with E-state index < -0.39 is 5.82 Å². The van der Waals surface area contributed by atoms with Gasteiger partial charge >= 0.3 is 0 Å². The Morgan fingerprint density at radius 3 is 2.60 bits per heavy atom. The third kappa shape index (κ3) is 4.12. The third-order valence-electron chi connectivity index (χ3n) is 5.44. The first kappa shape index (κ1) is 18.1. The van der Waals surface area contributed by atoms with Crippen molar-refractivity contribution in [3.8, 4) is 5.75 Å². The lowest BCUT2D eigenvalue weighted by molar-refractivity contribution is 0.0778. The highest BCUT2D eigenvalue weighted by atomic mass is 19.1. The van der Waals surface area contributed by atoms with Gasteiger partial charge < -0.3 is 19.6 Å². The first-order chi connectivity index (χ1) is 12.1. The molecule has 2 aliphatic heterocycles. The maximum absolute atomic E-state index is 13.9. The Kier molecular flexibility index (Phi) is 5.91. The van der Waals surface area contributed by atoms with Gasteiger partial charge in [-0.25, -0.2) is 4.39 Å². The van der Waals surface area contributed by atoms with E-state index in [1.54, 1.807) is 11.0 Å². The molecule has 2 fully saturated rings. The smallest absolute Gasteiger partial charge is 0.253 e. The Bertz CT molecular complexity index is 604. The van der Waals surface area contributed by atoms with E-state index in [0.29, 0.717) is 18.7 Å². The lowest BCUT2D eigenvalue weighted by Crippen LogP contribution is -2.37. The summed E-state index contributed by atoms with van der Waals surface area (Å²) in [6, 6.07) is 4.30. The number of nitrogens with zero attached hydrogens (tertiary/aromatic N) is 2. The minimum atomic E-state index is -0.531. The van der Waals surface area contributed by atoms with Crippen LogP contribution in [0.1, 0.15) is 29.6 Å². The van der Waals surface area contributed by atoms with Crippen molar-refractivity contribution in [3.63, 3.8) is 0 Å². The van der Waals surface area contributed by atoms with Gasteiger partial charge in [0.05, 0.1) is 7.11 Å². The number of piperidine rings is 1. The van der Waals surface area contributed by atoms with Crippen LogP contribution < -0.4 is 4.74 Å². The van der Waals surface area contributed by atoms with Crippen LogP contribution in [0.4, 0.5) is 4.39 Å². The average molecular weight is 350 g/mol. The van der Waals surface area contributed by atoms with Crippen molar-refractivity contribution in [2.45, 2.75) is 19.3 Å². The molecule has 1 N–H and O–H groups in total. The van der Waals surface area contributed by atoms with Crippen molar-refractivity contribution in [3.05, 3.63) is 29.6 Å². The molecular formula is C19H27FN2O3. The second kappa shape index (κ2) is 8.15. The summed E-state index contributed by atoms with van der Waals surface area (Å²) in [4.78, 5) is 16.9. The summed E-state index contributed by atoms with van der Waals surface area (Å²) in [5.74, 6) is -0.212. The molecule has 0 bridgehead atoms. The van der Waals surface area contributed by atoms with E-state index >= 15 is 0 Å². The van der Waals surface area contributed by atoms with Crippen LogP contribution in [0.25, 0.3) is 0 Å². The molecule has 3 rings (SSSR count). The fourth-order valence-electron chi connectivity index (χ4n) is 3.97. The third-order valence-corrected chi connectivity index (χ3v) is 5.44. The van der Waals surface area contributed by atoms with Crippen molar-refractivity contribution < 1.29 is 19.0 Å². The number of benzene rings is 1. The number of hydrogen-bond donors (Lipinski definition) is 1. The molecular weight excluding hydrogens is 323 g/mol. The molecule has 2 atom stereocenters. The Morgan fingerprint density at radius 1 is 1.24 bits per heavy atom. The highest BCUT2D eigenvalue weighted by Crippen LogP contribution is 2.27. The maximum Gasteiger partial charge on any atom is 0.253 e. The van der Waals surface area contributed by atoms with Crippen molar-refractivity contribution in [2.75, 3.05) is 46.4 Å². The number of carbonyl (C=O) groups is 1. The van der Waals surface area contributed by atoms with Crippen LogP contribution in [0.3, 0.4) is 0 Å². The van der Waals surface area contributed by atoms with Crippen molar-refractivity contribution in [2.24, 2.45) is 11.8 Å². The molecule has 0 aliphatic carbocycles. The number of rotatable bonds is 5. The van der Waals surface area contributed by atoms with Crippen LogP contribution in [0.2, 0.25) is 0 Å². The summed E-state index contributed by atoms with van der Waals surface area (Å²) >= 11 is 0. The van der Waals surface area contributed by atoms with Crippen LogP contribution in [0.5, 0.6) is 5.75 Å². The van der Waals surface area contributed by atoms with Gasteiger partial charge in [0.15, 0.2) is 11.6 Å². The van der Waals surface area contributed by atoms with Crippen molar-refractivity contribution in [1.29, 1.82) is 0 Å². The topological polar surface area (TPSA) is 53.0 Å². The zero-order valence-corrected chi connectivity index (χ0v) is 14.8. The van der Waals surface area contributed by atoms with E-state index in [1.165, 1.54) is 38.5 Å². The molecule has 2 saturated heterocycles. The highest BCUT2D eigenvalue weighted by molar-refractivity contribution is 5.94. The molecule has 0 radical (unpaired) electrons. The van der Waals surface area contributed by atoms with E-state index in [9.17, 15) is 14.3 Å². The Balaban J connectivity index is 1.66. The zero-order valence-electron chi connectivity index (χ0n) is 14.8. The summed E-state index contributed by atoms with van der Waals surface area (Å²) in [6.45, 7) is 4.36. The van der Waals surface area contributed by atoms with Crippen LogP contribution in [0.15, 0.2) is 18.2 Å². The van der Waals surface area contributed by atoms with Gasteiger partial charge in [-0.1, -0.05) is 6.42 Å². The standard InChI is InChI=1S/C19H27FN2O3/c1-25-18-6-5-14(9-17(18)20)19(24)22-11-15(16(12-22)13-23)10-21-7-3-2-4-8-21/h5-6,9,15-16,23H,2-4,7-8,10-13H2,1H3/t15-,16-/m1/s1. The predicted molar refractivity (Wildman–Crippen MR) is 93.2 cm³/mol. The molecule has 2 heterocycles. The first-order valence-corrected chi connectivity index (χ1v) is 9.08. The second-order valence-electron chi connectivity index (χ2n) is 7.12. The number of aliphatic hydroxyl groups is 1. The van der Waals surface area contributed by atoms with Gasteiger partial charge in [-0.05, 0) is 50.0 Å². The minimum absolute atomic E-state index is 0.0826. The Morgan fingerprint density at radius 2 is 1.96 bits per heavy atom. The Labute approximate surface area is 148 Å². The summed E-state index contributed by atoms with van der Waals surface area (Å²) in [5.41, 5.74) is 0.327. The molecule has 0 spiro atoms. The van der Waals surface area contributed by atoms with Gasteiger partial charge in [-0.3, -0.25) is 4.79 Å². The lowest BCUT2D eigenvalue weighted by Gasteiger charge is -2.30. The van der Waals surface area contributed by atoms with Crippen LogP contribution >= 0.6 is 0 Å². The van der Waals surface area contributed by atoms with Crippen LogP contribution in [0, 0.1) is 17.7 Å². The van der Waals surface area contributed by atoms with Gasteiger partial charge in [0.2, 0.25) is 0 Å². The molecule has 5 nitrogen and oxygen atoms in total. The molecule has 1 aromatic carbocycles. The molecule has 0 unspecified atom stereocenters. The number of carbonyl (C=O) groups excluding carboxylic acids is 1. The molecule has 25 heavy (non-hydrogen) atoms. The van der Waals surface area contributed by atoms with Gasteiger partial charge in [0.25, 0.3) is 5.91 Å². The van der Waals surface area contributed by atoms with Crippen LogP contribution in [-0.2, 0) is 0 Å². The number of halogens is 1. The molecule has 2 aliphatic rings. The maximum atomic E-state index is 13.9. The minimum Gasteiger partial charge on any atom is -0.494 e. The number of aliphatic hydroxyl groups excluding tert-OH is 1. The quantitative estimate of drug-likeness (QED) is 0.883. The summed E-state index contributed by atoms with van der Waals surface area (Å²) in [7, 11) is 1.40. The summed E-state index contributed by atoms with van der Waals surface area (Å²) < 4.78 is 18.8. The molecule has 1 amide bonds. The van der Waals surface area contributed by atoms with E-state index in [-0.39, 0.29) is 30.1 Å². The Hall–Kier alpha value is -1.66. The monoisotopic (exact) mass is 350 g/mol. The fraction of sp³-hybridized carbons (Fsp3) is 0.632. The molecule has 0 saturated carbocycles. The number of likely N-dealkylation sites (tertiary alicyclic amines) is 2. The van der Waals surface area contributed by atoms with E-state index in [1.807, 2.05) is 0 Å². The van der Waals surface area contributed by atoms with Gasteiger partial charge in [0, 0.05) is 37.7 Å². The predicted octanol–water partition coefficient (Wildman–Crippen LogP) is 2.00. The van der Waals surface area contributed by atoms with E-state index in [0.717, 1.165) is 19.6 Å². The second-order valence-corrected chi connectivity index (χ2v) is 7.12. The van der Waals surface area contributed by atoms with Gasteiger partial charge in [-0.2, -0.15) is 0 Å². The molecule has 0 aromatic heterocycles. The van der Waals surface area contributed by atoms with Crippen molar-refractivity contribution in [1.82, 2.24) is 9.80 Å².